The van der Waals surface area contributed by atoms with E-state index in [0.717, 1.165) is 12.0 Å². The number of primary amides is 1. The highest BCUT2D eigenvalue weighted by Crippen LogP contribution is 2.32. The molecule has 2 aromatic rings. The molecule has 1 aromatic carbocycles. The van der Waals surface area contributed by atoms with Gasteiger partial charge in [0, 0.05) is 17.5 Å². The van der Waals surface area contributed by atoms with Crippen LogP contribution in [0.25, 0.3) is 0 Å². The Balaban J connectivity index is 1.92. The van der Waals surface area contributed by atoms with Crippen molar-refractivity contribution >= 4 is 46.5 Å². The van der Waals surface area contributed by atoms with Crippen LogP contribution in [0.1, 0.15) is 40.3 Å². The van der Waals surface area contributed by atoms with E-state index in [0.29, 0.717) is 40.6 Å². The first-order valence-corrected chi connectivity index (χ1v) is 8.64. The summed E-state index contributed by atoms with van der Waals surface area (Å²) in [5.74, 6) is 0.379. The molecule has 0 saturated heterocycles. The number of halogens is 2. The Morgan fingerprint density at radius 1 is 1.27 bits per heavy atom. The van der Waals surface area contributed by atoms with Crippen LogP contribution in [0, 0.1) is 6.92 Å². The van der Waals surface area contributed by atoms with E-state index >= 15 is 0 Å². The summed E-state index contributed by atoms with van der Waals surface area (Å²) < 4.78 is 5.77. The van der Waals surface area contributed by atoms with Crippen molar-refractivity contribution in [1.82, 2.24) is 5.43 Å². The third-order valence-corrected chi connectivity index (χ3v) is 4.85. The van der Waals surface area contributed by atoms with Gasteiger partial charge in [0.05, 0.1) is 21.4 Å². The van der Waals surface area contributed by atoms with Crippen LogP contribution in [0.5, 0.6) is 0 Å². The van der Waals surface area contributed by atoms with Crippen molar-refractivity contribution in [2.45, 2.75) is 26.2 Å². The van der Waals surface area contributed by atoms with E-state index in [1.165, 1.54) is 0 Å². The first-order valence-electron chi connectivity index (χ1n) is 7.88. The molecule has 7 nitrogen and oxygen atoms in total. The maximum absolute atomic E-state index is 12.7. The number of urea groups is 1. The fourth-order valence-corrected chi connectivity index (χ4v) is 3.25. The van der Waals surface area contributed by atoms with Crippen LogP contribution in [0.4, 0.5) is 10.5 Å². The molecule has 0 aliphatic heterocycles. The molecule has 0 atom stereocenters. The van der Waals surface area contributed by atoms with Crippen LogP contribution in [-0.2, 0) is 6.42 Å². The van der Waals surface area contributed by atoms with Gasteiger partial charge in [-0.15, -0.1) is 0 Å². The van der Waals surface area contributed by atoms with Crippen molar-refractivity contribution in [1.29, 1.82) is 0 Å². The van der Waals surface area contributed by atoms with Gasteiger partial charge in [-0.3, -0.25) is 4.79 Å². The number of carbonyl (C=O) groups excluding carboxylic acids is 2. The molecule has 4 N–H and O–H groups in total. The van der Waals surface area contributed by atoms with Gasteiger partial charge in [0.2, 0.25) is 0 Å². The quantitative estimate of drug-likeness (QED) is 0.687. The molecule has 1 aliphatic carbocycles. The van der Waals surface area contributed by atoms with Gasteiger partial charge in [0.1, 0.15) is 5.76 Å². The second kappa shape index (κ2) is 7.39. The number of furan rings is 1. The number of nitrogens with zero attached hydrogens (tertiary/aromatic N) is 1. The number of anilines is 1. The third-order valence-electron chi connectivity index (χ3n) is 4.03. The fraction of sp³-hybridized carbons (Fsp3) is 0.235. The second-order valence-electron chi connectivity index (χ2n) is 5.80. The van der Waals surface area contributed by atoms with Gasteiger partial charge in [0.15, 0.2) is 5.76 Å². The van der Waals surface area contributed by atoms with Gasteiger partial charge in [-0.1, -0.05) is 29.3 Å². The fourth-order valence-electron chi connectivity index (χ4n) is 2.90. The zero-order valence-electron chi connectivity index (χ0n) is 13.9. The summed E-state index contributed by atoms with van der Waals surface area (Å²) in [7, 11) is 0. The minimum absolute atomic E-state index is 0.166. The van der Waals surface area contributed by atoms with Crippen molar-refractivity contribution in [2.75, 3.05) is 5.32 Å². The molecule has 3 amide bonds. The number of carbonyl (C=O) groups is 2. The summed E-state index contributed by atoms with van der Waals surface area (Å²) in [4.78, 5) is 23.6. The van der Waals surface area contributed by atoms with Gasteiger partial charge in [0.25, 0.3) is 5.91 Å². The molecule has 1 aromatic heterocycles. The van der Waals surface area contributed by atoms with E-state index in [9.17, 15) is 9.59 Å². The summed E-state index contributed by atoms with van der Waals surface area (Å²) in [5, 5.41) is 7.33. The van der Waals surface area contributed by atoms with E-state index < -0.39 is 11.9 Å². The van der Waals surface area contributed by atoms with Crippen molar-refractivity contribution in [2.24, 2.45) is 10.8 Å². The number of hydrogen-bond acceptors (Lipinski definition) is 4. The Labute approximate surface area is 159 Å². The highest BCUT2D eigenvalue weighted by molar-refractivity contribution is 6.44. The molecule has 0 fully saturated rings. The lowest BCUT2D eigenvalue weighted by Crippen LogP contribution is -2.27. The van der Waals surface area contributed by atoms with E-state index in [1.807, 2.05) is 0 Å². The summed E-state index contributed by atoms with van der Waals surface area (Å²) in [5.41, 5.74) is 9.68. The summed E-state index contributed by atoms with van der Waals surface area (Å²) in [6.45, 7) is 1.77. The lowest BCUT2D eigenvalue weighted by Gasteiger charge is -2.13. The van der Waals surface area contributed by atoms with Crippen molar-refractivity contribution in [3.8, 4) is 0 Å². The van der Waals surface area contributed by atoms with Crippen LogP contribution >= 0.6 is 23.2 Å². The predicted octanol–water partition coefficient (Wildman–Crippen LogP) is 3.86. The Bertz CT molecular complexity index is 921. The summed E-state index contributed by atoms with van der Waals surface area (Å²) in [6, 6.07) is 4.21. The Morgan fingerprint density at radius 3 is 2.77 bits per heavy atom. The third kappa shape index (κ3) is 3.54. The molecular weight excluding hydrogens is 379 g/mol. The topological polar surface area (TPSA) is 110 Å². The average Bonchev–Trinajstić information content (AvgIpc) is 2.95. The smallest absolute Gasteiger partial charge is 0.332 e. The molecular formula is C17H16Cl2N4O3. The molecule has 1 aliphatic rings. The van der Waals surface area contributed by atoms with Crippen LogP contribution in [0.2, 0.25) is 10.0 Å². The van der Waals surface area contributed by atoms with Gasteiger partial charge in [-0.25, -0.2) is 10.2 Å². The number of rotatable bonds is 3. The zero-order chi connectivity index (χ0) is 18.8. The molecule has 1 heterocycles. The number of benzene rings is 1. The molecule has 0 unspecified atom stereocenters. The normalized spacial score (nSPS) is 14.8. The minimum atomic E-state index is -0.751. The van der Waals surface area contributed by atoms with E-state index in [2.05, 4.69) is 15.8 Å². The number of nitrogens with two attached hydrogens (primary N) is 1. The van der Waals surface area contributed by atoms with E-state index in [-0.39, 0.29) is 10.8 Å². The molecule has 136 valence electrons. The number of amides is 3. The monoisotopic (exact) mass is 394 g/mol. The second-order valence-corrected chi connectivity index (χ2v) is 6.58. The van der Waals surface area contributed by atoms with Gasteiger partial charge in [-0.2, -0.15) is 5.10 Å². The largest absolute Gasteiger partial charge is 0.455 e. The molecule has 0 saturated carbocycles. The van der Waals surface area contributed by atoms with Crippen molar-refractivity contribution < 1.29 is 14.0 Å². The van der Waals surface area contributed by atoms with Crippen molar-refractivity contribution in [3.63, 3.8) is 0 Å². The van der Waals surface area contributed by atoms with Crippen LogP contribution in [0.3, 0.4) is 0 Å². The Kier molecular flexibility index (Phi) is 5.20. The number of hydrazone groups is 1. The van der Waals surface area contributed by atoms with Gasteiger partial charge >= 0.3 is 6.03 Å². The molecule has 0 bridgehead atoms. The molecule has 0 spiro atoms. The van der Waals surface area contributed by atoms with Crippen LogP contribution in [-0.4, -0.2) is 17.6 Å². The molecule has 26 heavy (non-hydrogen) atoms. The SMILES string of the molecule is Cc1c(C(=O)Nc2cccc(Cl)c2Cl)oc2c1/C(=N/NC(N)=O)CCC2. The highest BCUT2D eigenvalue weighted by Gasteiger charge is 2.28. The van der Waals surface area contributed by atoms with Crippen LogP contribution in [0.15, 0.2) is 27.7 Å². The maximum atomic E-state index is 12.7. The molecule has 9 heteroatoms. The number of aryl methyl sites for hydroxylation is 1. The average molecular weight is 395 g/mol. The van der Waals surface area contributed by atoms with E-state index in [1.54, 1.807) is 25.1 Å². The number of fused-ring (bicyclic) bond motifs is 1. The zero-order valence-corrected chi connectivity index (χ0v) is 15.4. The molecule has 0 radical (unpaired) electrons. The van der Waals surface area contributed by atoms with Gasteiger partial charge in [-0.05, 0) is 31.9 Å². The molecule has 3 rings (SSSR count). The first-order chi connectivity index (χ1) is 12.4. The Hall–Kier alpha value is -2.51. The number of hydrogen-bond donors (Lipinski definition) is 3. The van der Waals surface area contributed by atoms with Crippen LogP contribution < -0.4 is 16.5 Å². The highest BCUT2D eigenvalue weighted by atomic mass is 35.5. The standard InChI is InChI=1S/C17H16Cl2N4O3/c1-8-13-10(22-23-17(20)25)5-3-7-12(13)26-15(8)16(24)21-11-6-2-4-9(18)14(11)19/h2,4,6H,3,5,7H2,1H3,(H,21,24)(H3,20,23,25)/b22-10+. The summed E-state index contributed by atoms with van der Waals surface area (Å²) >= 11 is 12.1. The summed E-state index contributed by atoms with van der Waals surface area (Å²) in [6.07, 6.45) is 2.12. The Morgan fingerprint density at radius 2 is 2.04 bits per heavy atom. The predicted molar refractivity (Wildman–Crippen MR) is 100 cm³/mol. The lowest BCUT2D eigenvalue weighted by molar-refractivity contribution is 0.0994. The first kappa shape index (κ1) is 18.3. The van der Waals surface area contributed by atoms with Gasteiger partial charge < -0.3 is 15.5 Å². The van der Waals surface area contributed by atoms with E-state index in [4.69, 9.17) is 33.4 Å². The maximum Gasteiger partial charge on any atom is 0.332 e. The minimum Gasteiger partial charge on any atom is -0.455 e. The number of nitrogens with one attached hydrogen (secondary N) is 2. The van der Waals surface area contributed by atoms with Crippen molar-refractivity contribution in [3.05, 3.63) is 50.9 Å². The lowest BCUT2D eigenvalue weighted by atomic mass is 9.93.